The first kappa shape index (κ1) is 34.9. The van der Waals surface area contributed by atoms with Crippen molar-refractivity contribution >= 4 is 29.3 Å². The van der Waals surface area contributed by atoms with Crippen molar-refractivity contribution in [2.24, 2.45) is 16.5 Å². The van der Waals surface area contributed by atoms with Crippen LogP contribution in [0.4, 0.5) is 16.2 Å². The molecule has 0 spiro atoms. The molecule has 4 rings (SSSR count). The zero-order valence-electron chi connectivity index (χ0n) is 27.4. The molecule has 0 aliphatic carbocycles. The predicted octanol–water partition coefficient (Wildman–Crippen LogP) is 5.96. The van der Waals surface area contributed by atoms with Crippen molar-refractivity contribution in [1.82, 2.24) is 5.32 Å². The topological polar surface area (TPSA) is 181 Å². The second-order valence-corrected chi connectivity index (χ2v) is 12.9. The third kappa shape index (κ3) is 10.0. The number of nitro benzene ring substituents is 1. The van der Waals surface area contributed by atoms with Gasteiger partial charge in [0.15, 0.2) is 6.10 Å². The lowest BCUT2D eigenvalue weighted by atomic mass is 9.97. The number of rotatable bonds is 13. The number of alkyl carbamates (subject to hydrolysis) is 1. The molecule has 0 bridgehead atoms. The Morgan fingerprint density at radius 3 is 2.28 bits per heavy atom. The lowest BCUT2D eigenvalue weighted by molar-refractivity contribution is -0.384. The van der Waals surface area contributed by atoms with Gasteiger partial charge in [-0.05, 0) is 94.7 Å². The molecular formula is C35H43N5O7. The molecule has 1 amide bonds. The molecule has 3 aromatic carbocycles. The van der Waals surface area contributed by atoms with E-state index in [0.29, 0.717) is 48.5 Å². The number of benzene rings is 3. The zero-order chi connectivity index (χ0) is 34.4. The van der Waals surface area contributed by atoms with E-state index < -0.39 is 34.2 Å². The Hall–Kier alpha value is -4.97. The van der Waals surface area contributed by atoms with Gasteiger partial charge in [-0.2, -0.15) is 0 Å². The molecular weight excluding hydrogens is 602 g/mol. The number of carbonyl (C=O) groups is 2. The molecule has 0 saturated carbocycles. The van der Waals surface area contributed by atoms with Crippen molar-refractivity contribution < 1.29 is 28.7 Å². The van der Waals surface area contributed by atoms with Crippen LogP contribution in [0.25, 0.3) is 0 Å². The SMILES string of the molecule is CC1Oc2ccc(C(N)C(=O)OC(C)(C)CCc3cccc(CNC(=O)OC(C)(C)CCc4ccc([N+](=O)[O-])cc4)c3)cc2N=C1N. The molecule has 1 aliphatic heterocycles. The van der Waals surface area contributed by atoms with Gasteiger partial charge in [-0.3, -0.25) is 10.1 Å². The fraction of sp³-hybridized carbons (Fsp3) is 0.400. The van der Waals surface area contributed by atoms with E-state index >= 15 is 0 Å². The molecule has 12 nitrogen and oxygen atoms in total. The number of amidine groups is 1. The lowest BCUT2D eigenvalue weighted by Crippen LogP contribution is -2.35. The van der Waals surface area contributed by atoms with E-state index in [4.69, 9.17) is 25.7 Å². The standard InChI is InChI=1S/C35H43N5O7/c1-22-31(37)39-28-20-26(11-14-29(28)45-22)30(36)32(41)46-34(2,3)18-16-24-7-6-8-25(19-24)21-38-33(42)47-35(4,5)17-15-23-9-12-27(13-10-23)40(43)44/h6-14,19-20,22,30H,15-18,21,36H2,1-5H3,(H2,37,39)(H,38,42). The van der Waals surface area contributed by atoms with Crippen LogP contribution >= 0.6 is 0 Å². The normalized spacial score (nSPS) is 15.0. The highest BCUT2D eigenvalue weighted by molar-refractivity contribution is 5.90. The van der Waals surface area contributed by atoms with Crippen LogP contribution in [-0.2, 0) is 33.7 Å². The van der Waals surface area contributed by atoms with Crippen LogP contribution in [0, 0.1) is 10.1 Å². The molecule has 1 heterocycles. The van der Waals surface area contributed by atoms with Gasteiger partial charge in [0, 0.05) is 18.7 Å². The molecule has 5 N–H and O–H groups in total. The van der Waals surface area contributed by atoms with E-state index in [-0.39, 0.29) is 18.3 Å². The maximum atomic E-state index is 13.0. The molecule has 1 aliphatic rings. The van der Waals surface area contributed by atoms with Crippen molar-refractivity contribution in [3.63, 3.8) is 0 Å². The highest BCUT2D eigenvalue weighted by Gasteiger charge is 2.29. The number of amides is 1. The van der Waals surface area contributed by atoms with E-state index in [9.17, 15) is 19.7 Å². The van der Waals surface area contributed by atoms with E-state index in [2.05, 4.69) is 10.3 Å². The summed E-state index contributed by atoms with van der Waals surface area (Å²) < 4.78 is 17.2. The number of non-ortho nitro benzene ring substituents is 1. The highest BCUT2D eigenvalue weighted by Crippen LogP contribution is 2.34. The smallest absolute Gasteiger partial charge is 0.407 e. The number of nitrogens with one attached hydrogen (secondary N) is 1. The van der Waals surface area contributed by atoms with Gasteiger partial charge in [0.25, 0.3) is 5.69 Å². The number of nitrogens with two attached hydrogens (primary N) is 2. The number of aliphatic imine (C=N–C) groups is 1. The Balaban J connectivity index is 1.23. The van der Waals surface area contributed by atoms with Crippen molar-refractivity contribution in [1.29, 1.82) is 0 Å². The summed E-state index contributed by atoms with van der Waals surface area (Å²) in [6, 6.07) is 18.3. The second-order valence-electron chi connectivity index (χ2n) is 12.9. The maximum absolute atomic E-state index is 13.0. The fourth-order valence-electron chi connectivity index (χ4n) is 5.00. The average Bonchev–Trinajstić information content (AvgIpc) is 3.02. The van der Waals surface area contributed by atoms with Crippen LogP contribution < -0.4 is 21.5 Å². The number of ether oxygens (including phenoxy) is 3. The summed E-state index contributed by atoms with van der Waals surface area (Å²) in [5.74, 6) is 0.375. The monoisotopic (exact) mass is 645 g/mol. The van der Waals surface area contributed by atoms with Crippen LogP contribution in [0.1, 0.15) is 75.8 Å². The van der Waals surface area contributed by atoms with E-state index in [1.807, 2.05) is 58.9 Å². The molecule has 0 radical (unpaired) electrons. The van der Waals surface area contributed by atoms with Crippen molar-refractivity contribution in [2.45, 2.75) is 90.2 Å². The number of aryl methyl sites for hydroxylation is 2. The molecule has 0 saturated heterocycles. The summed E-state index contributed by atoms with van der Waals surface area (Å²) >= 11 is 0. The first-order valence-corrected chi connectivity index (χ1v) is 15.5. The van der Waals surface area contributed by atoms with Gasteiger partial charge in [-0.1, -0.05) is 42.5 Å². The lowest BCUT2D eigenvalue weighted by Gasteiger charge is -2.27. The summed E-state index contributed by atoms with van der Waals surface area (Å²) in [7, 11) is 0. The predicted molar refractivity (Wildman–Crippen MR) is 178 cm³/mol. The highest BCUT2D eigenvalue weighted by atomic mass is 16.6. The Labute approximate surface area is 274 Å². The molecule has 2 atom stereocenters. The Bertz CT molecular complexity index is 1640. The molecule has 0 aromatic heterocycles. The van der Waals surface area contributed by atoms with Crippen LogP contribution in [0.5, 0.6) is 5.75 Å². The minimum atomic E-state index is -1.00. The van der Waals surface area contributed by atoms with Gasteiger partial charge < -0.3 is 31.0 Å². The Morgan fingerprint density at radius 1 is 0.957 bits per heavy atom. The Morgan fingerprint density at radius 2 is 1.60 bits per heavy atom. The summed E-state index contributed by atoms with van der Waals surface area (Å²) in [5, 5.41) is 13.7. The summed E-state index contributed by atoms with van der Waals surface area (Å²) in [6.45, 7) is 9.42. The van der Waals surface area contributed by atoms with Crippen molar-refractivity contribution in [3.05, 3.63) is 99.1 Å². The van der Waals surface area contributed by atoms with Gasteiger partial charge in [0.05, 0.1) is 4.92 Å². The van der Waals surface area contributed by atoms with Gasteiger partial charge in [-0.25, -0.2) is 14.6 Å². The number of nitrogens with zero attached hydrogens (tertiary/aromatic N) is 2. The first-order chi connectivity index (χ1) is 22.1. The minimum Gasteiger partial charge on any atom is -0.481 e. The van der Waals surface area contributed by atoms with Gasteiger partial charge >= 0.3 is 12.1 Å². The molecule has 250 valence electrons. The number of hydrogen-bond donors (Lipinski definition) is 3. The molecule has 47 heavy (non-hydrogen) atoms. The first-order valence-electron chi connectivity index (χ1n) is 15.5. The summed E-state index contributed by atoms with van der Waals surface area (Å²) in [5.41, 5.74) is 14.6. The maximum Gasteiger partial charge on any atom is 0.407 e. The number of fused-ring (bicyclic) bond motifs is 1. The number of esters is 1. The molecule has 0 fully saturated rings. The van der Waals surface area contributed by atoms with Crippen LogP contribution in [0.3, 0.4) is 0 Å². The van der Waals surface area contributed by atoms with Crippen LogP contribution in [0.2, 0.25) is 0 Å². The number of hydrogen-bond acceptors (Lipinski definition) is 10. The molecule has 12 heteroatoms. The summed E-state index contributed by atoms with van der Waals surface area (Å²) in [6.07, 6.45) is 1.46. The molecule has 2 unspecified atom stereocenters. The third-order valence-electron chi connectivity index (χ3n) is 7.92. The van der Waals surface area contributed by atoms with Crippen molar-refractivity contribution in [3.8, 4) is 5.75 Å². The minimum absolute atomic E-state index is 0.0374. The second kappa shape index (κ2) is 14.6. The summed E-state index contributed by atoms with van der Waals surface area (Å²) in [4.78, 5) is 40.3. The van der Waals surface area contributed by atoms with Gasteiger partial charge in [0.1, 0.15) is 34.5 Å². The molecule has 3 aromatic rings. The van der Waals surface area contributed by atoms with E-state index in [1.165, 1.54) is 12.1 Å². The third-order valence-corrected chi connectivity index (χ3v) is 7.92. The average molecular weight is 646 g/mol. The fourth-order valence-corrected chi connectivity index (χ4v) is 5.00. The number of carbonyl (C=O) groups excluding carboxylic acids is 2. The Kier molecular flexibility index (Phi) is 10.9. The van der Waals surface area contributed by atoms with E-state index in [1.54, 1.807) is 30.3 Å². The van der Waals surface area contributed by atoms with Gasteiger partial charge in [-0.15, -0.1) is 0 Å². The number of nitro groups is 1. The zero-order valence-corrected chi connectivity index (χ0v) is 27.4. The van der Waals surface area contributed by atoms with E-state index in [0.717, 1.165) is 16.7 Å². The quantitative estimate of drug-likeness (QED) is 0.115. The largest absolute Gasteiger partial charge is 0.481 e. The van der Waals surface area contributed by atoms with Crippen LogP contribution in [0.15, 0.2) is 71.7 Å². The van der Waals surface area contributed by atoms with Gasteiger partial charge in [0.2, 0.25) is 0 Å². The van der Waals surface area contributed by atoms with Crippen LogP contribution in [-0.4, -0.2) is 40.1 Å². The van der Waals surface area contributed by atoms with Crippen molar-refractivity contribution in [2.75, 3.05) is 0 Å².